The first kappa shape index (κ1) is 47.7. The van der Waals surface area contributed by atoms with Crippen molar-refractivity contribution in [1.82, 2.24) is 4.90 Å². The Balaban J connectivity index is 2.37. The van der Waals surface area contributed by atoms with Gasteiger partial charge >= 0.3 is 0 Å². The monoisotopic (exact) mass is 716 g/mol. The number of nitrogens with zero attached hydrogens (tertiary/aromatic N) is 1. The Morgan fingerprint density at radius 3 is 1.18 bits per heavy atom. The zero-order valence-electron chi connectivity index (χ0n) is 35.2. The predicted molar refractivity (Wildman–Crippen MR) is 229 cm³/mol. The van der Waals surface area contributed by atoms with Crippen LogP contribution in [-0.2, 0) is 0 Å². The zero-order chi connectivity index (χ0) is 37.2. The van der Waals surface area contributed by atoms with E-state index in [1.807, 2.05) is 0 Å². The first-order valence-corrected chi connectivity index (χ1v) is 23.0. The van der Waals surface area contributed by atoms with Crippen LogP contribution in [0.1, 0.15) is 227 Å². The van der Waals surface area contributed by atoms with E-state index in [4.69, 9.17) is 0 Å². The smallest absolute Gasteiger partial charge is 0.253 e. The second-order valence-electron chi connectivity index (χ2n) is 16.3. The van der Waals surface area contributed by atoms with Gasteiger partial charge in [0.05, 0.1) is 0 Å². The van der Waals surface area contributed by atoms with Crippen molar-refractivity contribution in [2.75, 3.05) is 43.9 Å². The fourth-order valence-corrected chi connectivity index (χ4v) is 8.36. The Morgan fingerprint density at radius 2 is 0.765 bits per heavy atom. The van der Waals surface area contributed by atoms with Crippen LogP contribution in [0.5, 0.6) is 0 Å². The summed E-state index contributed by atoms with van der Waals surface area (Å²) in [5, 5.41) is 6.11. The highest BCUT2D eigenvalue weighted by Gasteiger charge is 2.19. The fourth-order valence-electron chi connectivity index (χ4n) is 8.36. The second kappa shape index (κ2) is 34.4. The summed E-state index contributed by atoms with van der Waals surface area (Å²) in [6.07, 6.45) is 43.0. The highest BCUT2D eigenvalue weighted by molar-refractivity contribution is 5.73. The van der Waals surface area contributed by atoms with Crippen LogP contribution in [0.15, 0.2) is 9.59 Å². The summed E-state index contributed by atoms with van der Waals surface area (Å²) in [6, 6.07) is 0. The minimum atomic E-state index is -0.390. The van der Waals surface area contributed by atoms with Gasteiger partial charge < -0.3 is 15.5 Å². The lowest BCUT2D eigenvalue weighted by molar-refractivity contribution is 0.259. The molecule has 0 aromatic heterocycles. The molecule has 0 heterocycles. The van der Waals surface area contributed by atoms with Crippen molar-refractivity contribution >= 4 is 11.4 Å². The van der Waals surface area contributed by atoms with Gasteiger partial charge in [0.1, 0.15) is 11.4 Å². The number of hydrogen-bond acceptors (Lipinski definition) is 5. The number of unbranched alkanes of at least 4 members (excludes halogenated alkanes) is 18. The molecule has 0 unspecified atom stereocenters. The number of hydrogen-bond donors (Lipinski definition) is 2. The fraction of sp³-hybridized carbons (Fsp3) is 0.913. The minimum Gasteiger partial charge on any atom is -0.383 e. The van der Waals surface area contributed by atoms with Crippen LogP contribution in [0.3, 0.4) is 0 Å². The van der Waals surface area contributed by atoms with E-state index in [9.17, 15) is 9.59 Å². The molecule has 5 nitrogen and oxygen atoms in total. The molecule has 0 radical (unpaired) electrons. The van der Waals surface area contributed by atoms with Gasteiger partial charge in [-0.05, 0) is 50.7 Å². The van der Waals surface area contributed by atoms with Gasteiger partial charge in [0.15, 0.2) is 0 Å². The SMILES string of the molecule is CCCCCCCC(CCCCCCC)CCCCCCCN(CCCCCCCCCC(CCC)CCC)CCCNc1c(NC)c(=O)c1=O. The Morgan fingerprint density at radius 1 is 0.412 bits per heavy atom. The highest BCUT2D eigenvalue weighted by Crippen LogP contribution is 2.25. The van der Waals surface area contributed by atoms with Crippen LogP contribution in [0, 0.1) is 11.8 Å². The van der Waals surface area contributed by atoms with Gasteiger partial charge in [-0.1, -0.05) is 207 Å². The van der Waals surface area contributed by atoms with Crippen LogP contribution >= 0.6 is 0 Å². The largest absolute Gasteiger partial charge is 0.383 e. The summed E-state index contributed by atoms with van der Waals surface area (Å²) < 4.78 is 0. The van der Waals surface area contributed by atoms with Crippen molar-refractivity contribution in [2.45, 2.75) is 227 Å². The Hall–Kier alpha value is -1.36. The van der Waals surface area contributed by atoms with E-state index in [2.05, 4.69) is 43.2 Å². The molecule has 0 aliphatic rings. The quantitative estimate of drug-likeness (QED) is 0.0523. The van der Waals surface area contributed by atoms with Gasteiger partial charge in [0.25, 0.3) is 10.9 Å². The van der Waals surface area contributed by atoms with E-state index >= 15 is 0 Å². The van der Waals surface area contributed by atoms with Crippen molar-refractivity contribution in [3.8, 4) is 0 Å². The van der Waals surface area contributed by atoms with Crippen molar-refractivity contribution < 1.29 is 0 Å². The van der Waals surface area contributed by atoms with Gasteiger partial charge in [-0.25, -0.2) is 0 Å². The molecule has 0 saturated heterocycles. The van der Waals surface area contributed by atoms with E-state index in [0.717, 1.165) is 31.3 Å². The molecule has 0 aliphatic carbocycles. The first-order valence-electron chi connectivity index (χ1n) is 23.0. The molecule has 0 spiro atoms. The van der Waals surface area contributed by atoms with Gasteiger partial charge in [-0.15, -0.1) is 0 Å². The molecular weight excluding hydrogens is 627 g/mol. The summed E-state index contributed by atoms with van der Waals surface area (Å²) in [7, 11) is 1.71. The van der Waals surface area contributed by atoms with Gasteiger partial charge in [-0.3, -0.25) is 9.59 Å². The molecule has 0 saturated carbocycles. The molecule has 51 heavy (non-hydrogen) atoms. The predicted octanol–water partition coefficient (Wildman–Crippen LogP) is 13.4. The molecule has 300 valence electrons. The lowest BCUT2D eigenvalue weighted by Crippen LogP contribution is -2.37. The minimum absolute atomic E-state index is 0.372. The normalized spacial score (nSPS) is 11.9. The third-order valence-electron chi connectivity index (χ3n) is 11.6. The lowest BCUT2D eigenvalue weighted by atomic mass is 9.89. The van der Waals surface area contributed by atoms with Gasteiger partial charge in [-0.2, -0.15) is 0 Å². The zero-order valence-corrected chi connectivity index (χ0v) is 35.2. The van der Waals surface area contributed by atoms with E-state index in [0.29, 0.717) is 11.4 Å². The highest BCUT2D eigenvalue weighted by atomic mass is 16.2. The van der Waals surface area contributed by atoms with Crippen LogP contribution in [-0.4, -0.2) is 38.1 Å². The molecule has 0 fully saturated rings. The van der Waals surface area contributed by atoms with Gasteiger partial charge in [0.2, 0.25) is 0 Å². The average Bonchev–Trinajstić information content (AvgIpc) is 3.13. The van der Waals surface area contributed by atoms with Crippen molar-refractivity contribution in [3.63, 3.8) is 0 Å². The topological polar surface area (TPSA) is 61.4 Å². The van der Waals surface area contributed by atoms with E-state index in [-0.39, 0.29) is 10.9 Å². The first-order chi connectivity index (χ1) is 25.0. The molecule has 5 heteroatoms. The van der Waals surface area contributed by atoms with Crippen molar-refractivity contribution in [1.29, 1.82) is 0 Å². The summed E-state index contributed by atoms with van der Waals surface area (Å²) in [5.41, 5.74) is 0.168. The summed E-state index contributed by atoms with van der Waals surface area (Å²) in [5.74, 6) is 1.94. The Kier molecular flexibility index (Phi) is 32.2. The van der Waals surface area contributed by atoms with E-state index in [1.165, 1.54) is 206 Å². The van der Waals surface area contributed by atoms with Crippen LogP contribution in [0.2, 0.25) is 0 Å². The molecule has 1 rings (SSSR count). The van der Waals surface area contributed by atoms with Crippen molar-refractivity contribution in [2.24, 2.45) is 11.8 Å². The Labute approximate surface area is 318 Å². The molecule has 0 amide bonds. The summed E-state index contributed by atoms with van der Waals surface area (Å²) >= 11 is 0. The molecule has 1 aromatic rings. The maximum atomic E-state index is 12.0. The number of rotatable bonds is 40. The molecule has 0 bridgehead atoms. The molecule has 1 aromatic carbocycles. The maximum Gasteiger partial charge on any atom is 0.253 e. The standard InChI is InChI=1S/C46H89N3O2/c1-6-10-12-18-24-34-42(35-25-19-13-11-7-2)36-27-21-17-23-29-39-49(40-30-37-48-44-43(47-5)45(50)46(44)51)38-28-22-16-14-15-20-26-33-41(31-8-3)32-9-4/h41-42,47-48H,6-40H2,1-5H3. The van der Waals surface area contributed by atoms with Crippen LogP contribution < -0.4 is 21.5 Å². The Bertz CT molecular complexity index is 935. The van der Waals surface area contributed by atoms with E-state index < -0.39 is 0 Å². The number of anilines is 2. The average molecular weight is 716 g/mol. The molecule has 0 atom stereocenters. The molecule has 2 N–H and O–H groups in total. The third-order valence-corrected chi connectivity index (χ3v) is 11.6. The summed E-state index contributed by atoms with van der Waals surface area (Å²) in [4.78, 5) is 26.4. The van der Waals surface area contributed by atoms with Crippen LogP contribution in [0.4, 0.5) is 11.4 Å². The molecular formula is C46H89N3O2. The van der Waals surface area contributed by atoms with E-state index in [1.54, 1.807) is 7.05 Å². The van der Waals surface area contributed by atoms with Crippen LogP contribution in [0.25, 0.3) is 0 Å². The molecule has 0 aliphatic heterocycles. The number of nitrogens with one attached hydrogen (secondary N) is 2. The van der Waals surface area contributed by atoms with Crippen molar-refractivity contribution in [3.05, 3.63) is 20.4 Å². The lowest BCUT2D eigenvalue weighted by Gasteiger charge is -2.23. The maximum absolute atomic E-state index is 12.0. The third kappa shape index (κ3) is 24.6. The second-order valence-corrected chi connectivity index (χ2v) is 16.3. The van der Waals surface area contributed by atoms with Gasteiger partial charge in [0, 0.05) is 13.6 Å². The summed E-state index contributed by atoms with van der Waals surface area (Å²) in [6.45, 7) is 13.5.